The number of rotatable bonds is 2. The lowest BCUT2D eigenvalue weighted by atomic mass is 10.1. The molecule has 0 bridgehead atoms. The van der Waals surface area contributed by atoms with Gasteiger partial charge in [-0.3, -0.25) is 4.79 Å². The lowest BCUT2D eigenvalue weighted by Gasteiger charge is -2.12. The van der Waals surface area contributed by atoms with Crippen molar-refractivity contribution in [2.24, 2.45) is 5.92 Å². The van der Waals surface area contributed by atoms with Gasteiger partial charge in [-0.15, -0.1) is 0 Å². The van der Waals surface area contributed by atoms with Crippen LogP contribution in [-0.4, -0.2) is 24.9 Å². The highest BCUT2D eigenvalue weighted by Crippen LogP contribution is 1.99. The summed E-state index contributed by atoms with van der Waals surface area (Å²) in [6, 6.07) is 0. The van der Waals surface area contributed by atoms with Crippen molar-refractivity contribution in [2.75, 3.05) is 14.1 Å². The average molecular weight is 141 g/mol. The molecule has 2 heteroatoms. The summed E-state index contributed by atoms with van der Waals surface area (Å²) in [5.74, 6) is 0.165. The fraction of sp³-hybridized carbons (Fsp3) is 0.625. The fourth-order valence-electron chi connectivity index (χ4n) is 0.778. The maximum atomic E-state index is 11.1. The molecule has 0 aromatic heterocycles. The van der Waals surface area contributed by atoms with Crippen LogP contribution in [0.3, 0.4) is 0 Å². The Kier molecular flexibility index (Phi) is 3.77. The molecule has 0 aliphatic heterocycles. The lowest BCUT2D eigenvalue weighted by Crippen LogP contribution is -2.26. The van der Waals surface area contributed by atoms with Gasteiger partial charge in [0.25, 0.3) is 0 Å². The van der Waals surface area contributed by atoms with Crippen molar-refractivity contribution in [3.63, 3.8) is 0 Å². The van der Waals surface area contributed by atoms with Gasteiger partial charge >= 0.3 is 0 Å². The highest BCUT2D eigenvalue weighted by atomic mass is 16.2. The van der Waals surface area contributed by atoms with Crippen LogP contribution in [0.1, 0.15) is 13.8 Å². The summed E-state index contributed by atoms with van der Waals surface area (Å²) in [6.45, 7) is 3.81. The third-order valence-electron chi connectivity index (χ3n) is 1.31. The summed E-state index contributed by atoms with van der Waals surface area (Å²) < 4.78 is 0. The minimum Gasteiger partial charge on any atom is -0.348 e. The summed E-state index contributed by atoms with van der Waals surface area (Å²) in [5, 5.41) is 0. The smallest absolute Gasteiger partial charge is 0.228 e. The third kappa shape index (κ3) is 2.67. The van der Waals surface area contributed by atoms with E-state index in [0.717, 1.165) is 0 Å². The van der Waals surface area contributed by atoms with E-state index in [-0.39, 0.29) is 11.8 Å². The van der Waals surface area contributed by atoms with Crippen molar-refractivity contribution in [1.29, 1.82) is 0 Å². The van der Waals surface area contributed by atoms with Crippen molar-refractivity contribution < 1.29 is 4.79 Å². The molecule has 0 spiro atoms. The molecule has 58 valence electrons. The van der Waals surface area contributed by atoms with E-state index >= 15 is 0 Å². The molecule has 1 atom stereocenters. The largest absolute Gasteiger partial charge is 0.348 e. The Morgan fingerprint density at radius 2 is 2.00 bits per heavy atom. The molecule has 1 unspecified atom stereocenters. The molecule has 0 aromatic carbocycles. The van der Waals surface area contributed by atoms with Crippen molar-refractivity contribution in [3.05, 3.63) is 12.2 Å². The number of carbonyl (C=O) groups excluding carboxylic acids is 1. The topological polar surface area (TPSA) is 20.3 Å². The van der Waals surface area contributed by atoms with Crippen LogP contribution in [0.4, 0.5) is 0 Å². The number of allylic oxidation sites excluding steroid dienone is 1. The first-order chi connectivity index (χ1) is 4.59. The second kappa shape index (κ2) is 4.09. The van der Waals surface area contributed by atoms with E-state index in [1.165, 1.54) is 0 Å². The van der Waals surface area contributed by atoms with E-state index in [9.17, 15) is 4.79 Å². The minimum atomic E-state index is 0.0139. The van der Waals surface area contributed by atoms with Crippen molar-refractivity contribution in [1.82, 2.24) is 4.90 Å². The molecular formula is C8H15NO. The molecule has 0 saturated heterocycles. The Hall–Kier alpha value is -0.790. The van der Waals surface area contributed by atoms with E-state index < -0.39 is 0 Å². The average Bonchev–Trinajstić information content (AvgIpc) is 1.87. The van der Waals surface area contributed by atoms with Crippen molar-refractivity contribution >= 4 is 5.91 Å². The zero-order valence-electron chi connectivity index (χ0n) is 7.09. The molecule has 0 saturated carbocycles. The van der Waals surface area contributed by atoms with Crippen LogP contribution in [0, 0.1) is 5.92 Å². The zero-order valence-corrected chi connectivity index (χ0v) is 7.09. The van der Waals surface area contributed by atoms with E-state index in [0.29, 0.717) is 0 Å². The number of hydrogen-bond acceptors (Lipinski definition) is 1. The number of hydrogen-bond donors (Lipinski definition) is 0. The summed E-state index contributed by atoms with van der Waals surface area (Å²) >= 11 is 0. The molecule has 0 radical (unpaired) electrons. The maximum absolute atomic E-state index is 11.1. The van der Waals surface area contributed by atoms with Gasteiger partial charge in [-0.2, -0.15) is 0 Å². The number of amides is 1. The summed E-state index contributed by atoms with van der Waals surface area (Å²) in [6.07, 6.45) is 3.79. The summed E-state index contributed by atoms with van der Waals surface area (Å²) in [4.78, 5) is 12.7. The van der Waals surface area contributed by atoms with E-state index in [1.54, 1.807) is 19.0 Å². The van der Waals surface area contributed by atoms with E-state index in [1.807, 2.05) is 26.0 Å². The SMILES string of the molecule is C/C=C/C(C)C(=O)N(C)C. The molecule has 0 rings (SSSR count). The monoisotopic (exact) mass is 141 g/mol. The number of carbonyl (C=O) groups is 1. The molecule has 0 aliphatic rings. The predicted molar refractivity (Wildman–Crippen MR) is 42.7 cm³/mol. The van der Waals surface area contributed by atoms with Gasteiger partial charge in [0, 0.05) is 14.1 Å². The van der Waals surface area contributed by atoms with Crippen LogP contribution in [0.2, 0.25) is 0 Å². The molecule has 0 N–H and O–H groups in total. The highest BCUT2D eigenvalue weighted by Gasteiger charge is 2.09. The van der Waals surface area contributed by atoms with Gasteiger partial charge in [-0.05, 0) is 6.92 Å². The first kappa shape index (κ1) is 9.21. The van der Waals surface area contributed by atoms with Crippen LogP contribution in [0.5, 0.6) is 0 Å². The highest BCUT2D eigenvalue weighted by molar-refractivity contribution is 5.79. The summed E-state index contributed by atoms with van der Waals surface area (Å²) in [5.41, 5.74) is 0. The lowest BCUT2D eigenvalue weighted by molar-refractivity contribution is -0.130. The number of nitrogens with zero attached hydrogens (tertiary/aromatic N) is 1. The molecule has 10 heavy (non-hydrogen) atoms. The molecular weight excluding hydrogens is 126 g/mol. The Balaban J connectivity index is 3.95. The van der Waals surface area contributed by atoms with Gasteiger partial charge in [-0.1, -0.05) is 19.1 Å². The molecule has 2 nitrogen and oxygen atoms in total. The summed E-state index contributed by atoms with van der Waals surface area (Å²) in [7, 11) is 3.53. The Morgan fingerprint density at radius 3 is 2.30 bits per heavy atom. The Morgan fingerprint density at radius 1 is 1.50 bits per heavy atom. The van der Waals surface area contributed by atoms with Gasteiger partial charge in [0.2, 0.25) is 5.91 Å². The fourth-order valence-corrected chi connectivity index (χ4v) is 0.778. The zero-order chi connectivity index (χ0) is 8.15. The van der Waals surface area contributed by atoms with Gasteiger partial charge in [0.15, 0.2) is 0 Å². The normalized spacial score (nSPS) is 13.6. The van der Waals surface area contributed by atoms with Gasteiger partial charge < -0.3 is 4.90 Å². The van der Waals surface area contributed by atoms with Crippen LogP contribution in [-0.2, 0) is 4.79 Å². The van der Waals surface area contributed by atoms with E-state index in [4.69, 9.17) is 0 Å². The van der Waals surface area contributed by atoms with Crippen LogP contribution >= 0.6 is 0 Å². The molecule has 0 fully saturated rings. The first-order valence-corrected chi connectivity index (χ1v) is 3.43. The van der Waals surface area contributed by atoms with Crippen molar-refractivity contribution in [2.45, 2.75) is 13.8 Å². The van der Waals surface area contributed by atoms with Gasteiger partial charge in [-0.25, -0.2) is 0 Å². The Labute approximate surface area is 62.5 Å². The standard InChI is InChI=1S/C8H15NO/c1-5-6-7(2)8(10)9(3)4/h5-7H,1-4H3/b6-5+. The quantitative estimate of drug-likeness (QED) is 0.530. The minimum absolute atomic E-state index is 0.0139. The van der Waals surface area contributed by atoms with Gasteiger partial charge in [0.1, 0.15) is 0 Å². The predicted octanol–water partition coefficient (Wildman–Crippen LogP) is 1.29. The van der Waals surface area contributed by atoms with E-state index in [2.05, 4.69) is 0 Å². The first-order valence-electron chi connectivity index (χ1n) is 3.43. The van der Waals surface area contributed by atoms with Crippen LogP contribution < -0.4 is 0 Å². The second-order valence-corrected chi connectivity index (χ2v) is 2.55. The molecule has 0 aliphatic carbocycles. The van der Waals surface area contributed by atoms with Crippen LogP contribution in [0.25, 0.3) is 0 Å². The van der Waals surface area contributed by atoms with Gasteiger partial charge in [0.05, 0.1) is 5.92 Å². The molecule has 0 aromatic rings. The third-order valence-corrected chi connectivity index (χ3v) is 1.31. The second-order valence-electron chi connectivity index (χ2n) is 2.55. The Bertz CT molecular complexity index is 138. The molecule has 1 amide bonds. The van der Waals surface area contributed by atoms with Crippen molar-refractivity contribution in [3.8, 4) is 0 Å². The van der Waals surface area contributed by atoms with Crippen LogP contribution in [0.15, 0.2) is 12.2 Å². The maximum Gasteiger partial charge on any atom is 0.228 e. The molecule has 0 heterocycles.